The molecule has 0 aliphatic rings. The lowest BCUT2D eigenvalue weighted by Gasteiger charge is -2.11. The van der Waals surface area contributed by atoms with Crippen molar-refractivity contribution in [1.29, 1.82) is 0 Å². The molecule has 0 bridgehead atoms. The van der Waals surface area contributed by atoms with Crippen molar-refractivity contribution in [3.8, 4) is 5.75 Å². The minimum absolute atomic E-state index is 0.123. The number of benzene rings is 1. The minimum atomic E-state index is -1.02. The van der Waals surface area contributed by atoms with E-state index in [0.717, 1.165) is 0 Å². The Morgan fingerprint density at radius 2 is 2.00 bits per heavy atom. The predicted molar refractivity (Wildman–Crippen MR) is 76.3 cm³/mol. The predicted octanol–water partition coefficient (Wildman–Crippen LogP) is 2.32. The van der Waals surface area contributed by atoms with Crippen molar-refractivity contribution in [3.05, 3.63) is 53.9 Å². The van der Waals surface area contributed by atoms with E-state index in [4.69, 9.17) is 9.84 Å². The number of carbonyl (C=O) groups excluding carboxylic acids is 1. The first-order chi connectivity index (χ1) is 10.1. The van der Waals surface area contributed by atoms with Gasteiger partial charge in [-0.05, 0) is 24.3 Å². The highest BCUT2D eigenvalue weighted by atomic mass is 16.5. The molecule has 6 heteroatoms. The first-order valence-electron chi connectivity index (χ1n) is 6.24. The molecular weight excluding hydrogens is 272 g/mol. The van der Waals surface area contributed by atoms with Crippen molar-refractivity contribution >= 4 is 17.6 Å². The maximum atomic E-state index is 11.1. The van der Waals surface area contributed by atoms with Crippen LogP contribution in [0.3, 0.4) is 0 Å². The van der Waals surface area contributed by atoms with E-state index in [1.807, 2.05) is 0 Å². The number of nitrogens with zero attached hydrogens (tertiary/aromatic N) is 1. The number of amides is 1. The van der Waals surface area contributed by atoms with Crippen LogP contribution in [-0.4, -0.2) is 22.0 Å². The molecule has 0 aliphatic heterocycles. The normalized spacial score (nSPS) is 9.95. The lowest BCUT2D eigenvalue weighted by molar-refractivity contribution is -0.114. The zero-order chi connectivity index (χ0) is 15.2. The lowest BCUT2D eigenvalue weighted by Crippen LogP contribution is -2.08. The molecule has 0 aliphatic carbocycles. The van der Waals surface area contributed by atoms with E-state index in [1.54, 1.807) is 30.3 Å². The van der Waals surface area contributed by atoms with Crippen LogP contribution in [0.25, 0.3) is 0 Å². The molecular formula is C15H14N2O4. The van der Waals surface area contributed by atoms with Gasteiger partial charge in [0.25, 0.3) is 0 Å². The molecule has 2 aromatic rings. The van der Waals surface area contributed by atoms with Crippen LogP contribution in [0.1, 0.15) is 23.0 Å². The Balaban J connectivity index is 2.06. The molecule has 6 nitrogen and oxygen atoms in total. The fraction of sp³-hybridized carbons (Fsp3) is 0.133. The van der Waals surface area contributed by atoms with E-state index in [0.29, 0.717) is 17.1 Å². The molecule has 0 atom stereocenters. The number of pyridine rings is 1. The Morgan fingerprint density at radius 1 is 1.24 bits per heavy atom. The number of nitrogens with one attached hydrogen (secondary N) is 1. The van der Waals surface area contributed by atoms with Crippen LogP contribution in [-0.2, 0) is 11.4 Å². The van der Waals surface area contributed by atoms with E-state index in [2.05, 4.69) is 10.3 Å². The van der Waals surface area contributed by atoms with Gasteiger partial charge in [-0.3, -0.25) is 9.78 Å². The molecule has 2 rings (SSSR count). The highest BCUT2D eigenvalue weighted by Gasteiger charge is 2.06. The van der Waals surface area contributed by atoms with Gasteiger partial charge in [0, 0.05) is 13.1 Å². The van der Waals surface area contributed by atoms with Crippen LogP contribution in [0, 0.1) is 0 Å². The second-order valence-electron chi connectivity index (χ2n) is 4.31. The van der Waals surface area contributed by atoms with Crippen molar-refractivity contribution in [3.63, 3.8) is 0 Å². The van der Waals surface area contributed by atoms with Gasteiger partial charge >= 0.3 is 5.97 Å². The van der Waals surface area contributed by atoms with Crippen molar-refractivity contribution in [2.75, 3.05) is 5.32 Å². The van der Waals surface area contributed by atoms with Gasteiger partial charge in [0.15, 0.2) is 0 Å². The second-order valence-corrected chi connectivity index (χ2v) is 4.31. The van der Waals surface area contributed by atoms with Crippen molar-refractivity contribution in [2.45, 2.75) is 13.5 Å². The number of hydrogen-bond donors (Lipinski definition) is 2. The highest BCUT2D eigenvalue weighted by molar-refractivity contribution is 5.90. The SMILES string of the molecule is CC(=O)Nc1ccccc1OCc1ccc(C(=O)O)cn1. The Labute approximate surface area is 121 Å². The van der Waals surface area contributed by atoms with Crippen LogP contribution in [0.2, 0.25) is 0 Å². The number of anilines is 1. The topological polar surface area (TPSA) is 88.5 Å². The van der Waals surface area contributed by atoms with Crippen LogP contribution in [0.5, 0.6) is 5.75 Å². The Hall–Kier alpha value is -2.89. The van der Waals surface area contributed by atoms with Gasteiger partial charge in [0.05, 0.1) is 16.9 Å². The molecule has 0 spiro atoms. The number of rotatable bonds is 5. The van der Waals surface area contributed by atoms with Gasteiger partial charge in [0.2, 0.25) is 5.91 Å². The molecule has 0 unspecified atom stereocenters. The molecule has 1 aromatic carbocycles. The van der Waals surface area contributed by atoms with Crippen LogP contribution in [0.15, 0.2) is 42.6 Å². The lowest BCUT2D eigenvalue weighted by atomic mass is 10.2. The number of aromatic nitrogens is 1. The summed E-state index contributed by atoms with van der Waals surface area (Å²) in [5, 5.41) is 11.5. The maximum absolute atomic E-state index is 11.1. The zero-order valence-corrected chi connectivity index (χ0v) is 11.4. The quantitative estimate of drug-likeness (QED) is 0.880. The smallest absolute Gasteiger partial charge is 0.337 e. The number of aromatic carboxylic acids is 1. The third kappa shape index (κ3) is 4.04. The summed E-state index contributed by atoms with van der Waals surface area (Å²) < 4.78 is 5.60. The van der Waals surface area contributed by atoms with Crippen LogP contribution >= 0.6 is 0 Å². The summed E-state index contributed by atoms with van der Waals surface area (Å²) in [6.07, 6.45) is 1.28. The van der Waals surface area contributed by atoms with Crippen molar-refractivity contribution < 1.29 is 19.4 Å². The highest BCUT2D eigenvalue weighted by Crippen LogP contribution is 2.24. The van der Waals surface area contributed by atoms with Crippen LogP contribution < -0.4 is 10.1 Å². The molecule has 0 fully saturated rings. The number of carboxylic acid groups (broad SMARTS) is 1. The average molecular weight is 286 g/mol. The molecule has 2 N–H and O–H groups in total. The van der Waals surface area contributed by atoms with E-state index in [-0.39, 0.29) is 18.1 Å². The molecule has 1 aromatic heterocycles. The van der Waals surface area contributed by atoms with Crippen LogP contribution in [0.4, 0.5) is 5.69 Å². The molecule has 0 saturated carbocycles. The van der Waals surface area contributed by atoms with Gasteiger partial charge < -0.3 is 15.2 Å². The van der Waals surface area contributed by atoms with Crippen molar-refractivity contribution in [2.24, 2.45) is 0 Å². The molecule has 0 saturated heterocycles. The summed E-state index contributed by atoms with van der Waals surface area (Å²) in [6, 6.07) is 10.1. The number of para-hydroxylation sites is 2. The van der Waals surface area contributed by atoms with E-state index in [9.17, 15) is 9.59 Å². The summed E-state index contributed by atoms with van der Waals surface area (Å²) in [5.74, 6) is -0.683. The molecule has 21 heavy (non-hydrogen) atoms. The summed E-state index contributed by atoms with van der Waals surface area (Å²) in [6.45, 7) is 1.60. The molecule has 0 radical (unpaired) electrons. The largest absolute Gasteiger partial charge is 0.485 e. The number of carboxylic acids is 1. The number of ether oxygens (including phenoxy) is 1. The third-order valence-electron chi connectivity index (χ3n) is 2.65. The molecule has 1 amide bonds. The monoisotopic (exact) mass is 286 g/mol. The second kappa shape index (κ2) is 6.51. The van der Waals surface area contributed by atoms with E-state index >= 15 is 0 Å². The fourth-order valence-electron chi connectivity index (χ4n) is 1.67. The standard InChI is InChI=1S/C15H14N2O4/c1-10(18)17-13-4-2-3-5-14(13)21-9-12-7-6-11(8-16-12)15(19)20/h2-8H,9H2,1H3,(H,17,18)(H,19,20). The van der Waals surface area contributed by atoms with Gasteiger partial charge in [0.1, 0.15) is 12.4 Å². The summed E-state index contributed by atoms with van der Waals surface area (Å²) in [7, 11) is 0. The molecule has 108 valence electrons. The fourth-order valence-corrected chi connectivity index (χ4v) is 1.67. The summed E-state index contributed by atoms with van der Waals surface area (Å²) in [4.78, 5) is 25.8. The van der Waals surface area contributed by atoms with Gasteiger partial charge in [-0.1, -0.05) is 12.1 Å². The molecule has 1 heterocycles. The minimum Gasteiger partial charge on any atom is -0.485 e. The number of hydrogen-bond acceptors (Lipinski definition) is 4. The van der Waals surface area contributed by atoms with Gasteiger partial charge in [-0.25, -0.2) is 4.79 Å². The first kappa shape index (κ1) is 14.5. The third-order valence-corrected chi connectivity index (χ3v) is 2.65. The average Bonchev–Trinajstić information content (AvgIpc) is 2.46. The Bertz CT molecular complexity index is 653. The number of carbonyl (C=O) groups is 2. The van der Waals surface area contributed by atoms with E-state index < -0.39 is 5.97 Å². The van der Waals surface area contributed by atoms with E-state index in [1.165, 1.54) is 19.2 Å². The summed E-state index contributed by atoms with van der Waals surface area (Å²) >= 11 is 0. The van der Waals surface area contributed by atoms with Gasteiger partial charge in [-0.2, -0.15) is 0 Å². The Kier molecular flexibility index (Phi) is 4.50. The van der Waals surface area contributed by atoms with Crippen molar-refractivity contribution in [1.82, 2.24) is 4.98 Å². The van der Waals surface area contributed by atoms with Gasteiger partial charge in [-0.15, -0.1) is 0 Å². The zero-order valence-electron chi connectivity index (χ0n) is 11.4. The first-order valence-corrected chi connectivity index (χ1v) is 6.24. The summed E-state index contributed by atoms with van der Waals surface area (Å²) in [5.41, 5.74) is 1.29. The maximum Gasteiger partial charge on any atom is 0.337 e. The Morgan fingerprint density at radius 3 is 2.62 bits per heavy atom.